The van der Waals surface area contributed by atoms with Crippen LogP contribution in [0.4, 0.5) is 0 Å². The molecule has 2 heterocycles. The smallest absolute Gasteiger partial charge is 0.237 e. The molecule has 3 rings (SSSR count). The summed E-state index contributed by atoms with van der Waals surface area (Å²) < 4.78 is 5.19. The molecule has 1 amide bonds. The highest BCUT2D eigenvalue weighted by Crippen LogP contribution is 2.18. The molecule has 24 heavy (non-hydrogen) atoms. The van der Waals surface area contributed by atoms with Crippen LogP contribution in [0.5, 0.6) is 0 Å². The monoisotopic (exact) mass is 328 g/mol. The van der Waals surface area contributed by atoms with Crippen LogP contribution in [-0.4, -0.2) is 40.1 Å². The SMILES string of the molecule is Cc1noc(CC2C(=O)NCCN2Cc2ccc(C(C)C)cc2)n1. The number of carbonyl (C=O) groups excluding carboxylic acids is 1. The second-order valence-corrected chi connectivity index (χ2v) is 6.61. The molecule has 1 unspecified atom stereocenters. The van der Waals surface area contributed by atoms with Crippen LogP contribution in [-0.2, 0) is 17.8 Å². The van der Waals surface area contributed by atoms with E-state index in [1.54, 1.807) is 6.92 Å². The highest BCUT2D eigenvalue weighted by molar-refractivity contribution is 5.82. The lowest BCUT2D eigenvalue weighted by atomic mass is 10.0. The molecule has 2 aromatic rings. The first kappa shape index (κ1) is 16.6. The number of rotatable bonds is 5. The van der Waals surface area contributed by atoms with Gasteiger partial charge in [-0.3, -0.25) is 9.69 Å². The molecule has 1 aromatic carbocycles. The molecule has 0 spiro atoms. The first-order valence-electron chi connectivity index (χ1n) is 8.42. The van der Waals surface area contributed by atoms with Crippen LogP contribution in [0.15, 0.2) is 28.8 Å². The van der Waals surface area contributed by atoms with E-state index < -0.39 is 0 Å². The van der Waals surface area contributed by atoms with E-state index in [9.17, 15) is 4.79 Å². The minimum absolute atomic E-state index is 0.0240. The van der Waals surface area contributed by atoms with Gasteiger partial charge < -0.3 is 9.84 Å². The minimum Gasteiger partial charge on any atom is -0.353 e. The zero-order valence-electron chi connectivity index (χ0n) is 14.5. The topological polar surface area (TPSA) is 71.3 Å². The molecule has 1 aromatic heterocycles. The van der Waals surface area contributed by atoms with Gasteiger partial charge in [0.2, 0.25) is 11.8 Å². The Balaban J connectivity index is 1.72. The fourth-order valence-electron chi connectivity index (χ4n) is 3.00. The number of amides is 1. The molecule has 1 aliphatic rings. The van der Waals surface area contributed by atoms with Gasteiger partial charge in [0.25, 0.3) is 0 Å². The molecule has 6 nitrogen and oxygen atoms in total. The average molecular weight is 328 g/mol. The summed E-state index contributed by atoms with van der Waals surface area (Å²) in [5.74, 6) is 1.65. The van der Waals surface area contributed by atoms with E-state index in [2.05, 4.69) is 58.5 Å². The lowest BCUT2D eigenvalue weighted by Crippen LogP contribution is -2.55. The summed E-state index contributed by atoms with van der Waals surface area (Å²) in [6.07, 6.45) is 0.441. The molecule has 6 heteroatoms. The predicted octanol–water partition coefficient (Wildman–Crippen LogP) is 2.04. The zero-order chi connectivity index (χ0) is 17.1. The van der Waals surface area contributed by atoms with Crippen LogP contribution >= 0.6 is 0 Å². The van der Waals surface area contributed by atoms with Gasteiger partial charge in [-0.15, -0.1) is 0 Å². The Morgan fingerprint density at radius 3 is 2.71 bits per heavy atom. The Hall–Kier alpha value is -2.21. The number of carbonyl (C=O) groups is 1. The van der Waals surface area contributed by atoms with Gasteiger partial charge in [0.1, 0.15) is 0 Å². The Morgan fingerprint density at radius 1 is 1.33 bits per heavy atom. The molecular weight excluding hydrogens is 304 g/mol. The normalized spacial score (nSPS) is 18.8. The molecule has 0 aliphatic carbocycles. The number of aryl methyl sites for hydroxylation is 1. The number of nitrogens with one attached hydrogen (secondary N) is 1. The van der Waals surface area contributed by atoms with Crippen molar-refractivity contribution >= 4 is 5.91 Å². The van der Waals surface area contributed by atoms with E-state index >= 15 is 0 Å². The van der Waals surface area contributed by atoms with Crippen LogP contribution in [0.1, 0.15) is 42.6 Å². The standard InChI is InChI=1S/C18H24N4O2/c1-12(2)15-6-4-14(5-7-15)11-22-9-8-19-18(23)16(22)10-17-20-13(3)21-24-17/h4-7,12,16H,8-11H2,1-3H3,(H,19,23). The molecule has 1 N–H and O–H groups in total. The van der Waals surface area contributed by atoms with Gasteiger partial charge in [0.05, 0.1) is 12.5 Å². The van der Waals surface area contributed by atoms with Crippen molar-refractivity contribution in [3.8, 4) is 0 Å². The van der Waals surface area contributed by atoms with Crippen molar-refractivity contribution in [2.45, 2.75) is 45.7 Å². The van der Waals surface area contributed by atoms with Crippen molar-refractivity contribution in [2.75, 3.05) is 13.1 Å². The maximum Gasteiger partial charge on any atom is 0.237 e. The Morgan fingerprint density at radius 2 is 2.08 bits per heavy atom. The molecule has 1 atom stereocenters. The van der Waals surface area contributed by atoms with Crippen molar-refractivity contribution in [2.24, 2.45) is 0 Å². The molecular formula is C18H24N4O2. The zero-order valence-corrected chi connectivity index (χ0v) is 14.5. The third-order valence-corrected chi connectivity index (χ3v) is 4.41. The van der Waals surface area contributed by atoms with Crippen molar-refractivity contribution in [3.05, 3.63) is 47.1 Å². The molecule has 0 bridgehead atoms. The lowest BCUT2D eigenvalue weighted by Gasteiger charge is -2.34. The van der Waals surface area contributed by atoms with E-state index in [0.29, 0.717) is 30.6 Å². The van der Waals surface area contributed by atoms with Crippen LogP contribution < -0.4 is 5.32 Å². The fraction of sp³-hybridized carbons (Fsp3) is 0.500. The summed E-state index contributed by atoms with van der Waals surface area (Å²) in [6, 6.07) is 8.36. The van der Waals surface area contributed by atoms with Gasteiger partial charge in [-0.25, -0.2) is 0 Å². The number of piperazine rings is 1. The molecule has 0 radical (unpaired) electrons. The van der Waals surface area contributed by atoms with Gasteiger partial charge in [0, 0.05) is 19.6 Å². The van der Waals surface area contributed by atoms with Gasteiger partial charge in [-0.1, -0.05) is 43.3 Å². The molecule has 0 saturated carbocycles. The second kappa shape index (κ2) is 7.13. The lowest BCUT2D eigenvalue weighted by molar-refractivity contribution is -0.129. The van der Waals surface area contributed by atoms with Gasteiger partial charge in [-0.05, 0) is 24.0 Å². The van der Waals surface area contributed by atoms with Crippen molar-refractivity contribution in [1.82, 2.24) is 20.4 Å². The first-order valence-corrected chi connectivity index (χ1v) is 8.42. The van der Waals surface area contributed by atoms with Gasteiger partial charge in [0.15, 0.2) is 5.82 Å². The summed E-state index contributed by atoms with van der Waals surface area (Å²) in [5, 5.41) is 6.73. The van der Waals surface area contributed by atoms with E-state index in [1.807, 2.05) is 0 Å². The van der Waals surface area contributed by atoms with Crippen LogP contribution in [0.25, 0.3) is 0 Å². The maximum atomic E-state index is 12.3. The van der Waals surface area contributed by atoms with Crippen LogP contribution in [0.2, 0.25) is 0 Å². The van der Waals surface area contributed by atoms with Crippen molar-refractivity contribution in [3.63, 3.8) is 0 Å². The number of hydrogen-bond acceptors (Lipinski definition) is 5. The predicted molar refractivity (Wildman–Crippen MR) is 90.5 cm³/mol. The van der Waals surface area contributed by atoms with Crippen LogP contribution in [0, 0.1) is 6.92 Å². The van der Waals surface area contributed by atoms with Crippen molar-refractivity contribution in [1.29, 1.82) is 0 Å². The number of nitrogens with zero attached hydrogens (tertiary/aromatic N) is 3. The largest absolute Gasteiger partial charge is 0.353 e. The Labute approximate surface area is 142 Å². The van der Waals surface area contributed by atoms with E-state index in [-0.39, 0.29) is 11.9 Å². The molecule has 1 fully saturated rings. The summed E-state index contributed by atoms with van der Waals surface area (Å²) in [5.41, 5.74) is 2.54. The number of aromatic nitrogens is 2. The summed E-state index contributed by atoms with van der Waals surface area (Å²) >= 11 is 0. The molecule has 1 aliphatic heterocycles. The Bertz CT molecular complexity index is 693. The third kappa shape index (κ3) is 3.82. The summed E-state index contributed by atoms with van der Waals surface area (Å²) in [4.78, 5) is 18.7. The summed E-state index contributed by atoms with van der Waals surface area (Å²) in [7, 11) is 0. The minimum atomic E-state index is -0.275. The number of benzene rings is 1. The molecule has 1 saturated heterocycles. The van der Waals surface area contributed by atoms with E-state index in [0.717, 1.165) is 13.1 Å². The first-order chi connectivity index (χ1) is 11.5. The quantitative estimate of drug-likeness (QED) is 0.909. The average Bonchev–Trinajstić information content (AvgIpc) is 2.96. The number of hydrogen-bond donors (Lipinski definition) is 1. The Kier molecular flexibility index (Phi) is 4.94. The third-order valence-electron chi connectivity index (χ3n) is 4.41. The van der Waals surface area contributed by atoms with Crippen molar-refractivity contribution < 1.29 is 9.32 Å². The maximum absolute atomic E-state index is 12.3. The van der Waals surface area contributed by atoms with Gasteiger partial charge in [-0.2, -0.15) is 4.98 Å². The van der Waals surface area contributed by atoms with Crippen LogP contribution in [0.3, 0.4) is 0 Å². The van der Waals surface area contributed by atoms with E-state index in [1.165, 1.54) is 11.1 Å². The van der Waals surface area contributed by atoms with Gasteiger partial charge >= 0.3 is 0 Å². The second-order valence-electron chi connectivity index (χ2n) is 6.61. The summed E-state index contributed by atoms with van der Waals surface area (Å²) in [6.45, 7) is 8.38. The molecule has 128 valence electrons. The van der Waals surface area contributed by atoms with E-state index in [4.69, 9.17) is 4.52 Å². The highest BCUT2D eigenvalue weighted by Gasteiger charge is 2.31. The highest BCUT2D eigenvalue weighted by atomic mass is 16.5. The fourth-order valence-corrected chi connectivity index (χ4v) is 3.00.